The number of nitrogens with zero attached hydrogens (tertiary/aromatic N) is 1. The second-order valence-electron chi connectivity index (χ2n) is 4.18. The minimum Gasteiger partial charge on any atom is -0.492 e. The highest BCUT2D eigenvalue weighted by Crippen LogP contribution is 2.07. The normalized spacial score (nSPS) is 10.2. The summed E-state index contributed by atoms with van der Waals surface area (Å²) in [6.07, 6.45) is 1.14. The van der Waals surface area contributed by atoms with Crippen molar-refractivity contribution >= 4 is 5.78 Å². The lowest BCUT2D eigenvalue weighted by molar-refractivity contribution is 0.101. The molecule has 0 amide bonds. The number of para-hydroxylation sites is 1. The van der Waals surface area contributed by atoms with E-state index in [1.54, 1.807) is 12.1 Å². The molecule has 0 spiro atoms. The van der Waals surface area contributed by atoms with E-state index in [1.165, 1.54) is 6.92 Å². The van der Waals surface area contributed by atoms with Crippen LogP contribution in [0.15, 0.2) is 46.1 Å². The third-order valence-corrected chi connectivity index (χ3v) is 2.77. The van der Waals surface area contributed by atoms with Crippen LogP contribution in [0.5, 0.6) is 5.75 Å². The fraction of sp³-hybridized carbons (Fsp3) is 0.214. The number of rotatable bonds is 5. The number of ketones is 1. The minimum absolute atomic E-state index is 0.0377. The Morgan fingerprint density at radius 2 is 1.95 bits per heavy atom. The Bertz CT molecular complexity index is 716. The zero-order valence-corrected chi connectivity index (χ0v) is 11.0. The lowest BCUT2D eigenvalue weighted by Crippen LogP contribution is -2.39. The molecule has 1 aromatic heterocycles. The Hall–Kier alpha value is -2.63. The van der Waals surface area contributed by atoms with Gasteiger partial charge >= 0.3 is 5.69 Å². The van der Waals surface area contributed by atoms with Gasteiger partial charge in [0.25, 0.3) is 5.56 Å². The average Bonchev–Trinajstić information content (AvgIpc) is 2.43. The molecule has 0 aliphatic rings. The van der Waals surface area contributed by atoms with Gasteiger partial charge in [-0.05, 0) is 19.1 Å². The zero-order chi connectivity index (χ0) is 14.5. The van der Waals surface area contributed by atoms with E-state index in [9.17, 15) is 14.4 Å². The zero-order valence-electron chi connectivity index (χ0n) is 11.0. The molecular weight excluding hydrogens is 260 g/mol. The van der Waals surface area contributed by atoms with Crippen molar-refractivity contribution in [3.8, 4) is 5.75 Å². The molecule has 6 heteroatoms. The van der Waals surface area contributed by atoms with Crippen LogP contribution in [0.1, 0.15) is 17.3 Å². The second-order valence-corrected chi connectivity index (χ2v) is 4.18. The molecule has 0 unspecified atom stereocenters. The van der Waals surface area contributed by atoms with Crippen LogP contribution in [0.3, 0.4) is 0 Å². The van der Waals surface area contributed by atoms with E-state index in [-0.39, 0.29) is 24.5 Å². The number of aromatic amines is 1. The average molecular weight is 274 g/mol. The van der Waals surface area contributed by atoms with E-state index in [1.807, 2.05) is 18.2 Å². The summed E-state index contributed by atoms with van der Waals surface area (Å²) in [7, 11) is 0. The Morgan fingerprint density at radius 1 is 1.25 bits per heavy atom. The number of hydrogen-bond donors (Lipinski definition) is 1. The molecule has 0 aliphatic carbocycles. The SMILES string of the molecule is CC(=O)c1c[nH]c(=O)n(CCOc2ccccc2)c1=O. The molecule has 2 rings (SSSR count). The monoisotopic (exact) mass is 274 g/mol. The maximum atomic E-state index is 11.9. The molecule has 0 atom stereocenters. The summed E-state index contributed by atoms with van der Waals surface area (Å²) in [5, 5.41) is 0. The smallest absolute Gasteiger partial charge is 0.328 e. The van der Waals surface area contributed by atoms with Gasteiger partial charge in [-0.2, -0.15) is 0 Å². The van der Waals surface area contributed by atoms with Gasteiger partial charge in [0.1, 0.15) is 12.4 Å². The van der Waals surface area contributed by atoms with Gasteiger partial charge in [0.15, 0.2) is 5.78 Å². The molecule has 104 valence electrons. The Balaban J connectivity index is 2.14. The first kappa shape index (κ1) is 13.8. The molecule has 1 N–H and O–H groups in total. The van der Waals surface area contributed by atoms with Crippen LogP contribution < -0.4 is 16.0 Å². The number of hydrogen-bond acceptors (Lipinski definition) is 4. The molecule has 0 fully saturated rings. The summed E-state index contributed by atoms with van der Waals surface area (Å²) < 4.78 is 6.38. The van der Waals surface area contributed by atoms with Crippen molar-refractivity contribution in [3.63, 3.8) is 0 Å². The van der Waals surface area contributed by atoms with Gasteiger partial charge in [0.2, 0.25) is 0 Å². The number of carbonyl (C=O) groups is 1. The van der Waals surface area contributed by atoms with Crippen LogP contribution in [0.2, 0.25) is 0 Å². The first-order valence-corrected chi connectivity index (χ1v) is 6.11. The van der Waals surface area contributed by atoms with Crippen molar-refractivity contribution < 1.29 is 9.53 Å². The van der Waals surface area contributed by atoms with Crippen LogP contribution in [0.25, 0.3) is 0 Å². The summed E-state index contributed by atoms with van der Waals surface area (Å²) in [6, 6.07) is 9.06. The van der Waals surface area contributed by atoms with E-state index in [0.717, 1.165) is 10.8 Å². The molecule has 1 aromatic carbocycles. The van der Waals surface area contributed by atoms with Gasteiger partial charge in [-0.25, -0.2) is 4.79 Å². The summed E-state index contributed by atoms with van der Waals surface area (Å²) >= 11 is 0. The van der Waals surface area contributed by atoms with Crippen LogP contribution in [0, 0.1) is 0 Å². The Kier molecular flexibility index (Phi) is 4.14. The first-order valence-electron chi connectivity index (χ1n) is 6.11. The molecule has 0 saturated carbocycles. The standard InChI is InChI=1S/C14H14N2O4/c1-10(17)12-9-15-14(19)16(13(12)18)7-8-20-11-5-3-2-4-6-11/h2-6,9H,7-8H2,1H3,(H,15,19). The third-order valence-electron chi connectivity index (χ3n) is 2.77. The topological polar surface area (TPSA) is 81.2 Å². The highest BCUT2D eigenvalue weighted by molar-refractivity contribution is 5.93. The van der Waals surface area contributed by atoms with Crippen LogP contribution >= 0.6 is 0 Å². The van der Waals surface area contributed by atoms with Crippen LogP contribution in [-0.4, -0.2) is 21.9 Å². The summed E-state index contributed by atoms with van der Waals surface area (Å²) in [6.45, 7) is 1.51. The van der Waals surface area contributed by atoms with Crippen molar-refractivity contribution in [2.24, 2.45) is 0 Å². The number of benzene rings is 1. The number of ether oxygens (including phenoxy) is 1. The van der Waals surface area contributed by atoms with Crippen molar-refractivity contribution in [2.45, 2.75) is 13.5 Å². The molecule has 0 saturated heterocycles. The van der Waals surface area contributed by atoms with Crippen molar-refractivity contribution in [3.05, 3.63) is 62.9 Å². The number of carbonyl (C=O) groups excluding carboxylic acids is 1. The number of Topliss-reactive ketones (excluding diaryl/α,β-unsaturated/α-hetero) is 1. The Labute approximate surface area is 114 Å². The number of aromatic nitrogens is 2. The lowest BCUT2D eigenvalue weighted by Gasteiger charge is -2.08. The maximum absolute atomic E-state index is 11.9. The molecule has 0 bridgehead atoms. The van der Waals surface area contributed by atoms with Gasteiger partial charge in [-0.15, -0.1) is 0 Å². The van der Waals surface area contributed by atoms with Crippen molar-refractivity contribution in [2.75, 3.05) is 6.61 Å². The second kappa shape index (κ2) is 6.01. The quantitative estimate of drug-likeness (QED) is 0.818. The highest BCUT2D eigenvalue weighted by Gasteiger charge is 2.10. The maximum Gasteiger partial charge on any atom is 0.328 e. The summed E-state index contributed by atoms with van der Waals surface area (Å²) in [4.78, 5) is 37.2. The van der Waals surface area contributed by atoms with E-state index in [2.05, 4.69) is 4.98 Å². The molecular formula is C14H14N2O4. The molecule has 0 radical (unpaired) electrons. The fourth-order valence-electron chi connectivity index (χ4n) is 1.74. The largest absolute Gasteiger partial charge is 0.492 e. The molecule has 6 nitrogen and oxygen atoms in total. The van der Waals surface area contributed by atoms with Crippen molar-refractivity contribution in [1.82, 2.24) is 9.55 Å². The van der Waals surface area contributed by atoms with E-state index in [4.69, 9.17) is 4.74 Å². The Morgan fingerprint density at radius 3 is 2.60 bits per heavy atom. The third kappa shape index (κ3) is 3.03. The minimum atomic E-state index is -0.599. The van der Waals surface area contributed by atoms with Crippen LogP contribution in [0.4, 0.5) is 0 Å². The van der Waals surface area contributed by atoms with Crippen molar-refractivity contribution in [1.29, 1.82) is 0 Å². The molecule has 0 aliphatic heterocycles. The van der Waals surface area contributed by atoms with E-state index < -0.39 is 11.2 Å². The van der Waals surface area contributed by atoms with E-state index >= 15 is 0 Å². The van der Waals surface area contributed by atoms with E-state index in [0.29, 0.717) is 5.75 Å². The number of H-pyrrole nitrogens is 1. The van der Waals surface area contributed by atoms with Crippen LogP contribution in [-0.2, 0) is 6.54 Å². The van der Waals surface area contributed by atoms with Gasteiger partial charge < -0.3 is 9.72 Å². The first-order chi connectivity index (χ1) is 9.59. The fourth-order valence-corrected chi connectivity index (χ4v) is 1.74. The molecule has 20 heavy (non-hydrogen) atoms. The van der Waals surface area contributed by atoms with Gasteiger partial charge in [-0.1, -0.05) is 18.2 Å². The molecule has 2 aromatic rings. The predicted molar refractivity (Wildman–Crippen MR) is 73.3 cm³/mol. The number of nitrogens with one attached hydrogen (secondary N) is 1. The van der Waals surface area contributed by atoms with Gasteiger partial charge in [0.05, 0.1) is 12.1 Å². The summed E-state index contributed by atoms with van der Waals surface area (Å²) in [5.41, 5.74) is -1.20. The van der Waals surface area contributed by atoms with Gasteiger partial charge in [0, 0.05) is 6.20 Å². The molecule has 1 heterocycles. The highest BCUT2D eigenvalue weighted by atomic mass is 16.5. The lowest BCUT2D eigenvalue weighted by atomic mass is 10.2. The predicted octanol–water partition coefficient (Wildman–Crippen LogP) is 0.818. The summed E-state index contributed by atoms with van der Waals surface area (Å²) in [5.74, 6) is 0.267. The van der Waals surface area contributed by atoms with Gasteiger partial charge in [-0.3, -0.25) is 14.2 Å².